The Morgan fingerprint density at radius 1 is 1.06 bits per heavy atom. The van der Waals surface area contributed by atoms with Crippen LogP contribution in [0.4, 0.5) is 5.82 Å². The number of hydrogen-bond acceptors (Lipinski definition) is 8. The van der Waals surface area contributed by atoms with Crippen molar-refractivity contribution in [1.29, 1.82) is 0 Å². The van der Waals surface area contributed by atoms with Gasteiger partial charge < -0.3 is 14.8 Å². The summed E-state index contributed by atoms with van der Waals surface area (Å²) in [6.45, 7) is 11.6. The molecule has 2 fully saturated rings. The monoisotopic (exact) mass is 481 g/mol. The Morgan fingerprint density at radius 3 is 2.50 bits per heavy atom. The van der Waals surface area contributed by atoms with Gasteiger partial charge in [0.2, 0.25) is 0 Å². The zero-order chi connectivity index (χ0) is 23.5. The summed E-state index contributed by atoms with van der Waals surface area (Å²) in [6.07, 6.45) is 2.52. The standard InChI is InChI=1S/C26H35N5O2S/c1-18-19(2)34-26-24(18)25(28-23(29-26)17-30-12-14-33-15-13-30)27-16-22(31-10-4-5-11-31)20-6-8-21(32-3)9-7-20/h6-9,22H,4-5,10-17H2,1-3H3,(H,27,28,29). The van der Waals surface area contributed by atoms with Crippen molar-refractivity contribution < 1.29 is 9.47 Å². The van der Waals surface area contributed by atoms with Gasteiger partial charge in [-0.15, -0.1) is 11.3 Å². The highest BCUT2D eigenvalue weighted by Gasteiger charge is 2.25. The molecule has 34 heavy (non-hydrogen) atoms. The summed E-state index contributed by atoms with van der Waals surface area (Å²) >= 11 is 1.77. The maximum atomic E-state index is 5.52. The number of thiophene rings is 1. The summed E-state index contributed by atoms with van der Waals surface area (Å²) in [5, 5.41) is 4.93. The van der Waals surface area contributed by atoms with Crippen molar-refractivity contribution in [2.45, 2.75) is 39.3 Å². The van der Waals surface area contributed by atoms with Gasteiger partial charge in [-0.05, 0) is 63.0 Å². The van der Waals surface area contributed by atoms with Gasteiger partial charge in [0.15, 0.2) is 0 Å². The van der Waals surface area contributed by atoms with Crippen LogP contribution in [-0.4, -0.2) is 72.8 Å². The minimum absolute atomic E-state index is 0.293. The van der Waals surface area contributed by atoms with Crippen molar-refractivity contribution in [3.63, 3.8) is 0 Å². The molecule has 2 aliphatic rings. The molecule has 2 aliphatic heterocycles. The molecule has 1 N–H and O–H groups in total. The molecular formula is C26H35N5O2S. The molecule has 1 atom stereocenters. The molecule has 3 aromatic rings. The predicted molar refractivity (Wildman–Crippen MR) is 138 cm³/mol. The van der Waals surface area contributed by atoms with Crippen molar-refractivity contribution in [2.24, 2.45) is 0 Å². The summed E-state index contributed by atoms with van der Waals surface area (Å²) in [7, 11) is 1.72. The smallest absolute Gasteiger partial charge is 0.146 e. The maximum absolute atomic E-state index is 5.52. The maximum Gasteiger partial charge on any atom is 0.146 e. The molecule has 0 amide bonds. The van der Waals surface area contributed by atoms with E-state index in [1.54, 1.807) is 18.4 Å². The molecule has 1 aromatic carbocycles. The van der Waals surface area contributed by atoms with E-state index in [0.29, 0.717) is 6.04 Å². The molecule has 2 aromatic heterocycles. The fraction of sp³-hybridized carbons (Fsp3) is 0.538. The average molecular weight is 482 g/mol. The molecule has 8 heteroatoms. The fourth-order valence-electron chi connectivity index (χ4n) is 4.98. The second kappa shape index (κ2) is 10.6. The van der Waals surface area contributed by atoms with Crippen LogP contribution in [0, 0.1) is 13.8 Å². The lowest BCUT2D eigenvalue weighted by molar-refractivity contribution is 0.0331. The van der Waals surface area contributed by atoms with Crippen LogP contribution in [0.15, 0.2) is 24.3 Å². The van der Waals surface area contributed by atoms with E-state index in [9.17, 15) is 0 Å². The van der Waals surface area contributed by atoms with Crippen LogP contribution in [-0.2, 0) is 11.3 Å². The van der Waals surface area contributed by atoms with Crippen LogP contribution in [0.5, 0.6) is 5.75 Å². The van der Waals surface area contributed by atoms with E-state index in [2.05, 4.69) is 53.2 Å². The van der Waals surface area contributed by atoms with Gasteiger partial charge in [-0.2, -0.15) is 0 Å². The predicted octanol–water partition coefficient (Wildman–Crippen LogP) is 4.40. The Balaban J connectivity index is 1.42. The molecule has 1 unspecified atom stereocenters. The van der Waals surface area contributed by atoms with Gasteiger partial charge in [0.1, 0.15) is 22.2 Å². The first-order chi connectivity index (χ1) is 16.6. The molecule has 0 bridgehead atoms. The Kier molecular flexibility index (Phi) is 7.29. The quantitative estimate of drug-likeness (QED) is 0.512. The number of nitrogens with zero attached hydrogens (tertiary/aromatic N) is 4. The summed E-state index contributed by atoms with van der Waals surface area (Å²) in [5.74, 6) is 2.75. The van der Waals surface area contributed by atoms with Crippen LogP contribution in [0.25, 0.3) is 10.2 Å². The van der Waals surface area contributed by atoms with E-state index < -0.39 is 0 Å². The number of benzene rings is 1. The zero-order valence-electron chi connectivity index (χ0n) is 20.5. The fourth-order valence-corrected chi connectivity index (χ4v) is 6.03. The highest BCUT2D eigenvalue weighted by atomic mass is 32.1. The lowest BCUT2D eigenvalue weighted by Gasteiger charge is -2.29. The largest absolute Gasteiger partial charge is 0.497 e. The molecule has 0 aliphatic carbocycles. The molecular weight excluding hydrogens is 446 g/mol. The number of likely N-dealkylation sites (tertiary alicyclic amines) is 1. The van der Waals surface area contributed by atoms with Gasteiger partial charge in [-0.1, -0.05) is 12.1 Å². The van der Waals surface area contributed by atoms with Crippen LogP contribution in [0.1, 0.15) is 40.7 Å². The van der Waals surface area contributed by atoms with Gasteiger partial charge in [-0.3, -0.25) is 9.80 Å². The number of aromatic nitrogens is 2. The lowest BCUT2D eigenvalue weighted by atomic mass is 10.0. The SMILES string of the molecule is COc1ccc(C(CNc2nc(CN3CCOCC3)nc3sc(C)c(C)c23)N2CCCC2)cc1. The van der Waals surface area contributed by atoms with Crippen molar-refractivity contribution in [1.82, 2.24) is 19.8 Å². The van der Waals surface area contributed by atoms with Crippen LogP contribution in [0.3, 0.4) is 0 Å². The number of methoxy groups -OCH3 is 1. The van der Waals surface area contributed by atoms with Crippen molar-refractivity contribution in [2.75, 3.05) is 58.4 Å². The Bertz CT molecular complexity index is 1100. The van der Waals surface area contributed by atoms with Crippen LogP contribution < -0.4 is 10.1 Å². The molecule has 0 spiro atoms. The highest BCUT2D eigenvalue weighted by Crippen LogP contribution is 2.34. The number of rotatable bonds is 8. The van der Waals surface area contributed by atoms with Gasteiger partial charge in [-0.25, -0.2) is 9.97 Å². The van der Waals surface area contributed by atoms with E-state index in [-0.39, 0.29) is 0 Å². The van der Waals surface area contributed by atoms with Crippen molar-refractivity contribution >= 4 is 27.4 Å². The molecule has 4 heterocycles. The van der Waals surface area contributed by atoms with Crippen LogP contribution in [0.2, 0.25) is 0 Å². The number of hydrogen-bond donors (Lipinski definition) is 1. The number of ether oxygens (including phenoxy) is 2. The summed E-state index contributed by atoms with van der Waals surface area (Å²) in [5.41, 5.74) is 2.59. The van der Waals surface area contributed by atoms with E-state index in [4.69, 9.17) is 19.4 Å². The van der Waals surface area contributed by atoms with Gasteiger partial charge in [0.25, 0.3) is 0 Å². The first-order valence-electron chi connectivity index (χ1n) is 12.3. The minimum atomic E-state index is 0.293. The third-order valence-corrected chi connectivity index (χ3v) is 8.19. The topological polar surface area (TPSA) is 62.8 Å². The molecule has 182 valence electrons. The third-order valence-electron chi connectivity index (χ3n) is 7.09. The number of aryl methyl sites for hydroxylation is 2. The van der Waals surface area contributed by atoms with Gasteiger partial charge >= 0.3 is 0 Å². The normalized spacial score (nSPS) is 18.4. The number of fused-ring (bicyclic) bond motifs is 1. The first-order valence-corrected chi connectivity index (χ1v) is 13.1. The summed E-state index contributed by atoms with van der Waals surface area (Å²) < 4.78 is 10.9. The van der Waals surface area contributed by atoms with Crippen LogP contribution >= 0.6 is 11.3 Å². The Hall–Kier alpha value is -2.26. The number of anilines is 1. The zero-order valence-corrected chi connectivity index (χ0v) is 21.3. The molecule has 5 rings (SSSR count). The molecule has 0 radical (unpaired) electrons. The van der Waals surface area contributed by atoms with E-state index in [0.717, 1.165) is 74.7 Å². The Morgan fingerprint density at radius 2 is 1.79 bits per heavy atom. The number of nitrogens with one attached hydrogen (secondary N) is 1. The minimum Gasteiger partial charge on any atom is -0.497 e. The second-order valence-electron chi connectivity index (χ2n) is 9.25. The number of morpholine rings is 1. The van der Waals surface area contributed by atoms with E-state index >= 15 is 0 Å². The van der Waals surface area contributed by atoms with Crippen molar-refractivity contribution in [3.8, 4) is 5.75 Å². The third kappa shape index (κ3) is 5.05. The highest BCUT2D eigenvalue weighted by molar-refractivity contribution is 7.18. The van der Waals surface area contributed by atoms with E-state index in [1.165, 1.54) is 34.2 Å². The van der Waals surface area contributed by atoms with E-state index in [1.807, 2.05) is 0 Å². The second-order valence-corrected chi connectivity index (χ2v) is 10.5. The molecule has 0 saturated carbocycles. The average Bonchev–Trinajstić information content (AvgIpc) is 3.48. The summed E-state index contributed by atoms with van der Waals surface area (Å²) in [6, 6.07) is 8.81. The summed E-state index contributed by atoms with van der Waals surface area (Å²) in [4.78, 5) is 17.4. The first kappa shape index (κ1) is 23.5. The molecule has 2 saturated heterocycles. The van der Waals surface area contributed by atoms with Gasteiger partial charge in [0.05, 0.1) is 38.3 Å². The molecule has 7 nitrogen and oxygen atoms in total. The van der Waals surface area contributed by atoms with Gasteiger partial charge in [0, 0.05) is 24.5 Å². The lowest BCUT2D eigenvalue weighted by Crippen LogP contribution is -2.36. The Labute approximate surface area is 206 Å². The van der Waals surface area contributed by atoms with Crippen molar-refractivity contribution in [3.05, 3.63) is 46.1 Å².